The lowest BCUT2D eigenvalue weighted by Gasteiger charge is -2.27. The molecule has 0 bridgehead atoms. The summed E-state index contributed by atoms with van der Waals surface area (Å²) in [5, 5.41) is 7.89. The fourth-order valence-corrected chi connectivity index (χ4v) is 2.51. The third-order valence-corrected chi connectivity index (χ3v) is 3.55. The van der Waals surface area contributed by atoms with Gasteiger partial charge in [0.15, 0.2) is 0 Å². The van der Waals surface area contributed by atoms with Crippen molar-refractivity contribution in [3.8, 4) is 0 Å². The van der Waals surface area contributed by atoms with Crippen molar-refractivity contribution in [2.45, 2.75) is 12.5 Å². The second-order valence-corrected chi connectivity index (χ2v) is 5.32. The molecule has 0 amide bonds. The van der Waals surface area contributed by atoms with Crippen LogP contribution in [0.15, 0.2) is 47.6 Å². The molecule has 0 spiro atoms. The number of hydrazone groups is 1. The molecule has 0 heterocycles. The highest BCUT2D eigenvalue weighted by Crippen LogP contribution is 2.29. The summed E-state index contributed by atoms with van der Waals surface area (Å²) in [7, 11) is 4.10. The van der Waals surface area contributed by atoms with Crippen LogP contribution in [0.25, 0.3) is 10.8 Å². The molecule has 0 fully saturated rings. The monoisotopic (exact) mass is 285 g/mol. The summed E-state index contributed by atoms with van der Waals surface area (Å²) < 4.78 is 0. The van der Waals surface area contributed by atoms with Gasteiger partial charge in [-0.3, -0.25) is 0 Å². The zero-order valence-electron chi connectivity index (χ0n) is 12.6. The molecule has 0 aliphatic carbocycles. The van der Waals surface area contributed by atoms with Crippen LogP contribution in [0.5, 0.6) is 0 Å². The van der Waals surface area contributed by atoms with Crippen molar-refractivity contribution in [2.24, 2.45) is 16.7 Å². The molecule has 112 valence electrons. The second kappa shape index (κ2) is 7.06. The molecule has 0 aliphatic rings. The predicted octanol–water partition coefficient (Wildman–Crippen LogP) is 1.91. The van der Waals surface area contributed by atoms with E-state index >= 15 is 0 Å². The van der Waals surface area contributed by atoms with Crippen molar-refractivity contribution in [2.75, 3.05) is 20.6 Å². The standard InChI is InChI=1S/C16H23N5/c1-20(2)11-10-16(21(18)19-12-17)15-9-5-7-13-6-3-4-8-14(13)15/h3-9,12,16H,10-11,18H2,1-2H3,(H2,17,19). The van der Waals surface area contributed by atoms with E-state index in [1.54, 1.807) is 0 Å². The molecule has 0 aliphatic heterocycles. The molecule has 2 aromatic rings. The number of hydrogen-bond acceptors (Lipinski definition) is 4. The van der Waals surface area contributed by atoms with Crippen molar-refractivity contribution in [3.63, 3.8) is 0 Å². The summed E-state index contributed by atoms with van der Waals surface area (Å²) in [6, 6.07) is 14.6. The Hall–Kier alpha value is -2.11. The maximum atomic E-state index is 6.07. The number of hydrazine groups is 1. The number of fused-ring (bicyclic) bond motifs is 1. The minimum atomic E-state index is -0.0155. The molecule has 2 rings (SSSR count). The van der Waals surface area contributed by atoms with E-state index in [4.69, 9.17) is 11.6 Å². The fraction of sp³-hybridized carbons (Fsp3) is 0.312. The first-order valence-electron chi connectivity index (χ1n) is 7.04. The van der Waals surface area contributed by atoms with Crippen LogP contribution in [0.2, 0.25) is 0 Å². The van der Waals surface area contributed by atoms with Gasteiger partial charge in [0.25, 0.3) is 0 Å². The van der Waals surface area contributed by atoms with E-state index in [0.29, 0.717) is 0 Å². The molecule has 0 radical (unpaired) electrons. The summed E-state index contributed by atoms with van der Waals surface area (Å²) in [4.78, 5) is 2.14. The van der Waals surface area contributed by atoms with Crippen LogP contribution < -0.4 is 11.6 Å². The van der Waals surface area contributed by atoms with E-state index < -0.39 is 0 Å². The molecule has 1 unspecified atom stereocenters. The topological polar surface area (TPSA) is 70.9 Å². The van der Waals surface area contributed by atoms with Crippen LogP contribution in [-0.4, -0.2) is 37.0 Å². The lowest BCUT2D eigenvalue weighted by atomic mass is 9.97. The SMILES string of the molecule is CN(C)CCC(c1cccc2ccccc12)N(N)/N=C\N. The fourth-order valence-electron chi connectivity index (χ4n) is 2.51. The predicted molar refractivity (Wildman–Crippen MR) is 88.6 cm³/mol. The number of nitrogens with zero attached hydrogens (tertiary/aromatic N) is 3. The first-order valence-corrected chi connectivity index (χ1v) is 7.04. The molecule has 0 aromatic heterocycles. The van der Waals surface area contributed by atoms with E-state index in [9.17, 15) is 0 Å². The second-order valence-electron chi connectivity index (χ2n) is 5.32. The van der Waals surface area contributed by atoms with E-state index in [1.165, 1.54) is 27.8 Å². The highest BCUT2D eigenvalue weighted by Gasteiger charge is 2.19. The lowest BCUT2D eigenvalue weighted by molar-refractivity contribution is 0.189. The smallest absolute Gasteiger partial charge is 0.107 e. The van der Waals surface area contributed by atoms with Gasteiger partial charge in [0, 0.05) is 0 Å². The van der Waals surface area contributed by atoms with Gasteiger partial charge in [0.05, 0.1) is 6.04 Å². The van der Waals surface area contributed by atoms with Gasteiger partial charge in [0.2, 0.25) is 0 Å². The molecule has 2 aromatic carbocycles. The molecule has 0 saturated heterocycles. The van der Waals surface area contributed by atoms with E-state index in [0.717, 1.165) is 13.0 Å². The third kappa shape index (κ3) is 3.71. The first-order chi connectivity index (χ1) is 10.1. The molecule has 21 heavy (non-hydrogen) atoms. The van der Waals surface area contributed by atoms with Crippen LogP contribution >= 0.6 is 0 Å². The van der Waals surface area contributed by atoms with Gasteiger partial charge in [-0.2, -0.15) is 5.10 Å². The lowest BCUT2D eigenvalue weighted by Crippen LogP contribution is -2.33. The Labute approximate surface area is 125 Å². The molecule has 1 atom stereocenters. The van der Waals surface area contributed by atoms with Crippen LogP contribution in [0.3, 0.4) is 0 Å². The molecule has 4 N–H and O–H groups in total. The Morgan fingerprint density at radius 3 is 2.57 bits per heavy atom. The average molecular weight is 285 g/mol. The number of rotatable bonds is 6. The Balaban J connectivity index is 2.42. The van der Waals surface area contributed by atoms with Crippen molar-refractivity contribution < 1.29 is 0 Å². The summed E-state index contributed by atoms with van der Waals surface area (Å²) in [5.41, 5.74) is 6.56. The molecule has 0 saturated carbocycles. The van der Waals surface area contributed by atoms with E-state index in [2.05, 4.69) is 40.3 Å². The largest absolute Gasteiger partial charge is 0.388 e. The maximum absolute atomic E-state index is 6.07. The van der Waals surface area contributed by atoms with E-state index in [-0.39, 0.29) is 6.04 Å². The minimum Gasteiger partial charge on any atom is -0.388 e. The molecule has 5 nitrogen and oxygen atoms in total. The van der Waals surface area contributed by atoms with Crippen molar-refractivity contribution in [1.82, 2.24) is 10.0 Å². The van der Waals surface area contributed by atoms with Gasteiger partial charge < -0.3 is 10.6 Å². The Morgan fingerprint density at radius 2 is 1.86 bits per heavy atom. The van der Waals surface area contributed by atoms with Crippen LogP contribution in [0, 0.1) is 0 Å². The third-order valence-electron chi connectivity index (χ3n) is 3.55. The Morgan fingerprint density at radius 1 is 1.14 bits per heavy atom. The quantitative estimate of drug-likeness (QED) is 0.368. The van der Waals surface area contributed by atoms with Crippen LogP contribution in [0.1, 0.15) is 18.0 Å². The van der Waals surface area contributed by atoms with Crippen molar-refractivity contribution in [1.29, 1.82) is 0 Å². The maximum Gasteiger partial charge on any atom is 0.107 e. The number of hydrogen-bond donors (Lipinski definition) is 2. The normalized spacial score (nSPS) is 13.1. The van der Waals surface area contributed by atoms with Crippen LogP contribution in [-0.2, 0) is 0 Å². The molecular formula is C16H23N5. The first kappa shape index (κ1) is 15.3. The van der Waals surface area contributed by atoms with Gasteiger partial charge in [-0.1, -0.05) is 42.5 Å². The number of nitrogens with two attached hydrogens (primary N) is 2. The zero-order valence-corrected chi connectivity index (χ0v) is 12.6. The highest BCUT2D eigenvalue weighted by atomic mass is 15.6. The molecular weight excluding hydrogens is 262 g/mol. The van der Waals surface area contributed by atoms with Gasteiger partial charge in [-0.15, -0.1) is 0 Å². The van der Waals surface area contributed by atoms with Gasteiger partial charge in [-0.25, -0.2) is 11.0 Å². The van der Waals surface area contributed by atoms with Gasteiger partial charge >= 0.3 is 0 Å². The summed E-state index contributed by atoms with van der Waals surface area (Å²) in [6.45, 7) is 0.918. The summed E-state index contributed by atoms with van der Waals surface area (Å²) >= 11 is 0. The Kier molecular flexibility index (Phi) is 5.14. The van der Waals surface area contributed by atoms with Gasteiger partial charge in [-0.05, 0) is 43.4 Å². The van der Waals surface area contributed by atoms with E-state index in [1.807, 2.05) is 26.2 Å². The minimum absolute atomic E-state index is 0.0155. The van der Waals surface area contributed by atoms with Crippen LogP contribution in [0.4, 0.5) is 0 Å². The van der Waals surface area contributed by atoms with Crippen molar-refractivity contribution in [3.05, 3.63) is 48.0 Å². The number of benzene rings is 2. The summed E-state index contributed by atoms with van der Waals surface area (Å²) in [6.07, 6.45) is 2.10. The zero-order chi connectivity index (χ0) is 15.2. The van der Waals surface area contributed by atoms with Gasteiger partial charge in [0.1, 0.15) is 6.34 Å². The average Bonchev–Trinajstić information content (AvgIpc) is 2.47. The van der Waals surface area contributed by atoms with Crippen molar-refractivity contribution >= 4 is 17.1 Å². The highest BCUT2D eigenvalue weighted by molar-refractivity contribution is 5.86. The molecule has 5 heteroatoms. The Bertz CT molecular complexity index is 603. The summed E-state index contributed by atoms with van der Waals surface area (Å²) in [5.74, 6) is 6.07.